The number of para-hydroxylation sites is 3. The van der Waals surface area contributed by atoms with E-state index in [9.17, 15) is 0 Å². The van der Waals surface area contributed by atoms with Crippen LogP contribution in [0.25, 0.3) is 11.1 Å². The first-order chi connectivity index (χ1) is 21.9. The van der Waals surface area contributed by atoms with E-state index in [1.54, 1.807) is 11.1 Å². The Morgan fingerprint density at radius 3 is 1.75 bits per heavy atom. The summed E-state index contributed by atoms with van der Waals surface area (Å²) in [5.41, 5.74) is 17.9. The van der Waals surface area contributed by atoms with Crippen molar-refractivity contribution in [2.75, 3.05) is 9.80 Å². The molecule has 0 atom stereocenters. The summed E-state index contributed by atoms with van der Waals surface area (Å²) in [5.74, 6) is 0. The van der Waals surface area contributed by atoms with E-state index < -0.39 is 0 Å². The molecule has 0 saturated heterocycles. The number of fused-ring (bicyclic) bond motifs is 10. The van der Waals surface area contributed by atoms with Gasteiger partial charge < -0.3 is 9.80 Å². The molecule has 0 amide bonds. The molecule has 2 aliphatic heterocycles. The van der Waals surface area contributed by atoms with Crippen LogP contribution in [-0.4, -0.2) is 6.71 Å². The smallest absolute Gasteiger partial charge is 0.252 e. The van der Waals surface area contributed by atoms with Crippen LogP contribution in [-0.2, 0) is 5.41 Å². The molecule has 0 N–H and O–H groups in total. The number of nitrogens with zero attached hydrogens (tertiary/aromatic N) is 2. The molecule has 208 valence electrons. The Morgan fingerprint density at radius 2 is 1.02 bits per heavy atom. The summed E-state index contributed by atoms with van der Waals surface area (Å²) < 4.78 is 0. The standard InChI is InChI=1S/C41H31BN2/c1-3-14-28(15-4-1)43-34-21-10-9-20-33(34)42-39-35(43)22-13-23-36(39)44(29-16-5-2-6-17-29)37-25-24-32-38(40(37)42)30-18-7-8-19-31(30)41(32)26-11-12-27-41/h1-10,13-25H,11-12,26-27H2. The Balaban J connectivity index is 1.35. The maximum Gasteiger partial charge on any atom is 0.252 e. The highest BCUT2D eigenvalue weighted by molar-refractivity contribution is 7.01. The zero-order valence-corrected chi connectivity index (χ0v) is 24.6. The molecule has 10 rings (SSSR count). The molecule has 1 spiro atoms. The summed E-state index contributed by atoms with van der Waals surface area (Å²) in [6, 6.07) is 52.2. The Bertz CT molecular complexity index is 2080. The molecule has 6 aromatic rings. The van der Waals surface area contributed by atoms with Gasteiger partial charge in [-0.05, 0) is 100 Å². The van der Waals surface area contributed by atoms with Gasteiger partial charge in [0.05, 0.1) is 0 Å². The molecule has 44 heavy (non-hydrogen) atoms. The van der Waals surface area contributed by atoms with Crippen molar-refractivity contribution in [1.29, 1.82) is 0 Å². The maximum absolute atomic E-state index is 2.53. The van der Waals surface area contributed by atoms with Crippen LogP contribution in [0.4, 0.5) is 34.1 Å². The van der Waals surface area contributed by atoms with Crippen molar-refractivity contribution in [1.82, 2.24) is 0 Å². The quantitative estimate of drug-likeness (QED) is 0.195. The molecule has 6 aromatic carbocycles. The molecule has 2 nitrogen and oxygen atoms in total. The third kappa shape index (κ3) is 3.07. The first kappa shape index (κ1) is 24.4. The predicted octanol–water partition coefficient (Wildman–Crippen LogP) is 8.61. The molecule has 2 heterocycles. The van der Waals surface area contributed by atoms with Crippen molar-refractivity contribution in [3.05, 3.63) is 151 Å². The van der Waals surface area contributed by atoms with Gasteiger partial charge in [-0.25, -0.2) is 0 Å². The number of benzene rings is 6. The molecule has 0 unspecified atom stereocenters. The molecule has 0 radical (unpaired) electrons. The van der Waals surface area contributed by atoms with Crippen molar-refractivity contribution < 1.29 is 0 Å². The lowest BCUT2D eigenvalue weighted by molar-refractivity contribution is 0.550. The van der Waals surface area contributed by atoms with Gasteiger partial charge in [0.25, 0.3) is 6.71 Å². The SMILES string of the molecule is c1ccc(N2c3ccccc3B3c4c2cccc4N(c2ccccc2)c2ccc4c(c23)-c2ccccc2C42CCCC2)cc1. The van der Waals surface area contributed by atoms with Crippen LogP contribution < -0.4 is 26.2 Å². The fraction of sp³-hybridized carbons (Fsp3) is 0.122. The monoisotopic (exact) mass is 562 g/mol. The first-order valence-electron chi connectivity index (χ1n) is 16.0. The van der Waals surface area contributed by atoms with E-state index in [0.29, 0.717) is 0 Å². The van der Waals surface area contributed by atoms with Crippen LogP contribution in [0.5, 0.6) is 0 Å². The Labute approximate surface area is 259 Å². The van der Waals surface area contributed by atoms with Gasteiger partial charge in [0.15, 0.2) is 0 Å². The molecular formula is C41H31BN2. The number of hydrogen-bond acceptors (Lipinski definition) is 2. The molecule has 0 bridgehead atoms. The summed E-state index contributed by atoms with van der Waals surface area (Å²) in [4.78, 5) is 5.01. The van der Waals surface area contributed by atoms with E-state index in [4.69, 9.17) is 0 Å². The van der Waals surface area contributed by atoms with Crippen LogP contribution in [0.15, 0.2) is 140 Å². The molecule has 4 aliphatic rings. The highest BCUT2D eigenvalue weighted by Gasteiger charge is 2.50. The van der Waals surface area contributed by atoms with E-state index in [-0.39, 0.29) is 12.1 Å². The second kappa shape index (κ2) is 9.00. The van der Waals surface area contributed by atoms with Crippen LogP contribution >= 0.6 is 0 Å². The summed E-state index contributed by atoms with van der Waals surface area (Å²) in [6.07, 6.45) is 5.07. The zero-order valence-electron chi connectivity index (χ0n) is 24.6. The highest BCUT2D eigenvalue weighted by Crippen LogP contribution is 2.58. The zero-order chi connectivity index (χ0) is 28.8. The van der Waals surface area contributed by atoms with E-state index in [1.165, 1.54) is 87.3 Å². The molecule has 3 heteroatoms. The molecular weight excluding hydrogens is 531 g/mol. The second-order valence-corrected chi connectivity index (χ2v) is 12.8. The Hall–Kier alpha value is -5.02. The van der Waals surface area contributed by atoms with Gasteiger partial charge >= 0.3 is 0 Å². The van der Waals surface area contributed by atoms with Gasteiger partial charge in [0.2, 0.25) is 0 Å². The van der Waals surface area contributed by atoms with Crippen molar-refractivity contribution >= 4 is 57.2 Å². The average molecular weight is 563 g/mol. The van der Waals surface area contributed by atoms with Crippen LogP contribution in [0.2, 0.25) is 0 Å². The van der Waals surface area contributed by atoms with E-state index in [1.807, 2.05) is 0 Å². The van der Waals surface area contributed by atoms with Crippen LogP contribution in [0.3, 0.4) is 0 Å². The van der Waals surface area contributed by atoms with E-state index in [0.717, 1.165) is 0 Å². The summed E-state index contributed by atoms with van der Waals surface area (Å²) in [6.45, 7) is 0.131. The lowest BCUT2D eigenvalue weighted by Crippen LogP contribution is -2.62. The third-order valence-electron chi connectivity index (χ3n) is 10.8. The topological polar surface area (TPSA) is 6.48 Å². The largest absolute Gasteiger partial charge is 0.311 e. The lowest BCUT2D eigenvalue weighted by Gasteiger charge is -2.45. The highest BCUT2D eigenvalue weighted by atomic mass is 15.2. The van der Waals surface area contributed by atoms with Crippen molar-refractivity contribution in [2.24, 2.45) is 0 Å². The molecule has 0 aromatic heterocycles. The van der Waals surface area contributed by atoms with Crippen LogP contribution in [0, 0.1) is 0 Å². The normalized spacial score (nSPS) is 16.3. The van der Waals surface area contributed by atoms with Crippen molar-refractivity contribution in [3.63, 3.8) is 0 Å². The number of hydrogen-bond donors (Lipinski definition) is 0. The number of anilines is 6. The van der Waals surface area contributed by atoms with Crippen molar-refractivity contribution in [3.8, 4) is 11.1 Å². The first-order valence-corrected chi connectivity index (χ1v) is 16.0. The Kier molecular flexibility index (Phi) is 5.00. The Morgan fingerprint density at radius 1 is 0.455 bits per heavy atom. The maximum atomic E-state index is 2.53. The minimum absolute atomic E-state index is 0.128. The minimum Gasteiger partial charge on any atom is -0.311 e. The summed E-state index contributed by atoms with van der Waals surface area (Å²) in [5, 5.41) is 0. The van der Waals surface area contributed by atoms with Gasteiger partial charge in [-0.2, -0.15) is 0 Å². The van der Waals surface area contributed by atoms with Crippen LogP contribution in [0.1, 0.15) is 36.8 Å². The van der Waals surface area contributed by atoms with Gasteiger partial charge in [0.1, 0.15) is 0 Å². The van der Waals surface area contributed by atoms with Gasteiger partial charge in [-0.15, -0.1) is 0 Å². The van der Waals surface area contributed by atoms with Gasteiger partial charge in [-0.1, -0.05) is 104 Å². The van der Waals surface area contributed by atoms with Gasteiger partial charge in [-0.3, -0.25) is 0 Å². The average Bonchev–Trinajstić information content (AvgIpc) is 3.69. The summed E-state index contributed by atoms with van der Waals surface area (Å²) in [7, 11) is 0. The number of rotatable bonds is 2. The minimum atomic E-state index is 0.128. The fourth-order valence-electron chi connectivity index (χ4n) is 9.15. The molecule has 1 fully saturated rings. The predicted molar refractivity (Wildman–Crippen MR) is 185 cm³/mol. The lowest BCUT2D eigenvalue weighted by atomic mass is 9.32. The van der Waals surface area contributed by atoms with Gasteiger partial charge in [0, 0.05) is 39.5 Å². The molecule has 1 saturated carbocycles. The van der Waals surface area contributed by atoms with E-state index >= 15 is 0 Å². The second-order valence-electron chi connectivity index (χ2n) is 12.8. The van der Waals surface area contributed by atoms with E-state index in [2.05, 4.69) is 149 Å². The summed E-state index contributed by atoms with van der Waals surface area (Å²) >= 11 is 0. The van der Waals surface area contributed by atoms with Crippen molar-refractivity contribution in [2.45, 2.75) is 31.1 Å². The fourth-order valence-corrected chi connectivity index (χ4v) is 9.15. The molecule has 2 aliphatic carbocycles. The third-order valence-corrected chi connectivity index (χ3v) is 10.8.